The molecule has 4 unspecified atom stereocenters. The summed E-state index contributed by atoms with van der Waals surface area (Å²) < 4.78 is 1.98. The van der Waals surface area contributed by atoms with E-state index in [-0.39, 0.29) is 6.10 Å². The summed E-state index contributed by atoms with van der Waals surface area (Å²) in [5.41, 5.74) is 0. The van der Waals surface area contributed by atoms with Crippen molar-refractivity contribution in [2.45, 2.75) is 42.1 Å². The van der Waals surface area contributed by atoms with Crippen molar-refractivity contribution in [3.63, 3.8) is 0 Å². The van der Waals surface area contributed by atoms with Crippen molar-refractivity contribution < 1.29 is 5.11 Å². The molecule has 0 amide bonds. The number of rotatable bonds is 3. The van der Waals surface area contributed by atoms with Crippen molar-refractivity contribution in [2.24, 2.45) is 7.05 Å². The molecule has 1 saturated heterocycles. The number of nitrogens with zero attached hydrogens (tertiary/aromatic N) is 2. The van der Waals surface area contributed by atoms with E-state index in [1.165, 1.54) is 0 Å². The van der Waals surface area contributed by atoms with E-state index in [4.69, 9.17) is 0 Å². The van der Waals surface area contributed by atoms with Gasteiger partial charge in [0.05, 0.1) is 6.10 Å². The van der Waals surface area contributed by atoms with Gasteiger partial charge in [0, 0.05) is 47.4 Å². The highest BCUT2D eigenvalue weighted by molar-refractivity contribution is 8.07. The lowest BCUT2D eigenvalue weighted by molar-refractivity contribution is 0.173. The summed E-state index contributed by atoms with van der Waals surface area (Å²) in [6.07, 6.45) is 4.08. The van der Waals surface area contributed by atoms with Gasteiger partial charge in [-0.1, -0.05) is 13.8 Å². The van der Waals surface area contributed by atoms with Crippen LogP contribution in [-0.4, -0.2) is 42.3 Å². The molecule has 3 nitrogen and oxygen atoms in total. The molecule has 1 aliphatic heterocycles. The van der Waals surface area contributed by atoms with E-state index in [9.17, 15) is 5.11 Å². The Morgan fingerprint density at radius 3 is 2.88 bits per heavy atom. The molecule has 1 N–H and O–H groups in total. The molecule has 0 bridgehead atoms. The van der Waals surface area contributed by atoms with E-state index in [0.29, 0.717) is 22.2 Å². The Balaban J connectivity index is 1.92. The number of hydrogen-bond acceptors (Lipinski definition) is 4. The average molecular weight is 272 g/mol. The summed E-state index contributed by atoms with van der Waals surface area (Å²) in [7, 11) is 1.97. The average Bonchev–Trinajstić information content (AvgIpc) is 2.68. The van der Waals surface area contributed by atoms with Gasteiger partial charge in [-0.3, -0.25) is 0 Å². The smallest absolute Gasteiger partial charge is 0.110 e. The van der Waals surface area contributed by atoms with E-state index < -0.39 is 0 Å². The molecule has 4 atom stereocenters. The summed E-state index contributed by atoms with van der Waals surface area (Å²) >= 11 is 3.89. The minimum atomic E-state index is -0.288. The predicted octanol–water partition coefficient (Wildman–Crippen LogP) is 1.95. The number of imidazole rings is 1. The Morgan fingerprint density at radius 1 is 1.53 bits per heavy atom. The fraction of sp³-hybridized carbons (Fsp3) is 0.750. The lowest BCUT2D eigenvalue weighted by Crippen LogP contribution is -2.36. The van der Waals surface area contributed by atoms with Crippen molar-refractivity contribution in [1.29, 1.82) is 0 Å². The Bertz CT molecular complexity index is 369. The summed E-state index contributed by atoms with van der Waals surface area (Å²) in [5, 5.41) is 11.9. The standard InChI is InChI=1S/C12H20N2OS2/c1-8-9(2)17-11(7-16-8)10(15)6-12-13-4-5-14(12)3/h4-5,8-11,15H,6-7H2,1-3H3. The number of aliphatic hydroxyl groups is 1. The quantitative estimate of drug-likeness (QED) is 0.913. The first kappa shape index (κ1) is 13.3. The van der Waals surface area contributed by atoms with Gasteiger partial charge in [-0.15, -0.1) is 0 Å². The van der Waals surface area contributed by atoms with Crippen LogP contribution in [0.5, 0.6) is 0 Å². The van der Waals surface area contributed by atoms with Crippen molar-refractivity contribution in [3.8, 4) is 0 Å². The highest BCUT2D eigenvalue weighted by Crippen LogP contribution is 2.37. The van der Waals surface area contributed by atoms with Crippen LogP contribution >= 0.6 is 23.5 Å². The van der Waals surface area contributed by atoms with Crippen LogP contribution in [0.1, 0.15) is 19.7 Å². The lowest BCUT2D eigenvalue weighted by atomic mass is 10.2. The first-order chi connectivity index (χ1) is 8.08. The number of aliphatic hydroxyl groups excluding tert-OH is 1. The zero-order valence-corrected chi connectivity index (χ0v) is 12.2. The lowest BCUT2D eigenvalue weighted by Gasteiger charge is -2.33. The van der Waals surface area contributed by atoms with Crippen LogP contribution in [-0.2, 0) is 13.5 Å². The van der Waals surface area contributed by atoms with E-state index in [2.05, 4.69) is 18.8 Å². The molecule has 2 heterocycles. The molecule has 1 aromatic rings. The van der Waals surface area contributed by atoms with Gasteiger partial charge in [-0.25, -0.2) is 4.98 Å². The molecule has 0 spiro atoms. The molecule has 1 aromatic heterocycles. The number of hydrogen-bond donors (Lipinski definition) is 1. The topological polar surface area (TPSA) is 38.1 Å². The van der Waals surface area contributed by atoms with Crippen LogP contribution in [0.4, 0.5) is 0 Å². The molecular weight excluding hydrogens is 252 g/mol. The zero-order valence-electron chi connectivity index (χ0n) is 10.5. The first-order valence-electron chi connectivity index (χ1n) is 5.99. The van der Waals surface area contributed by atoms with Gasteiger partial charge < -0.3 is 9.67 Å². The second-order valence-electron chi connectivity index (χ2n) is 4.64. The molecule has 2 rings (SSSR count). The maximum Gasteiger partial charge on any atom is 0.110 e. The second-order valence-corrected chi connectivity index (χ2v) is 7.68. The van der Waals surface area contributed by atoms with Crippen LogP contribution in [0.25, 0.3) is 0 Å². The van der Waals surface area contributed by atoms with Crippen molar-refractivity contribution >= 4 is 23.5 Å². The highest BCUT2D eigenvalue weighted by atomic mass is 32.2. The molecule has 17 heavy (non-hydrogen) atoms. The van der Waals surface area contributed by atoms with Crippen LogP contribution in [0.15, 0.2) is 12.4 Å². The largest absolute Gasteiger partial charge is 0.391 e. The van der Waals surface area contributed by atoms with Crippen LogP contribution in [0, 0.1) is 0 Å². The van der Waals surface area contributed by atoms with E-state index >= 15 is 0 Å². The normalized spacial score (nSPS) is 31.4. The molecule has 1 fully saturated rings. The van der Waals surface area contributed by atoms with Gasteiger partial charge in [-0.2, -0.15) is 23.5 Å². The summed E-state index contributed by atoms with van der Waals surface area (Å²) in [6, 6.07) is 0. The first-order valence-corrected chi connectivity index (χ1v) is 7.98. The minimum absolute atomic E-state index is 0.288. The van der Waals surface area contributed by atoms with Gasteiger partial charge >= 0.3 is 0 Å². The third-order valence-electron chi connectivity index (χ3n) is 3.32. The fourth-order valence-corrected chi connectivity index (χ4v) is 4.94. The zero-order chi connectivity index (χ0) is 12.4. The summed E-state index contributed by atoms with van der Waals surface area (Å²) in [5.74, 6) is 2.01. The maximum absolute atomic E-state index is 10.3. The number of aromatic nitrogens is 2. The summed E-state index contributed by atoms with van der Waals surface area (Å²) in [4.78, 5) is 4.27. The number of thioether (sulfide) groups is 2. The molecular formula is C12H20N2OS2. The van der Waals surface area contributed by atoms with Gasteiger partial charge in [0.25, 0.3) is 0 Å². The van der Waals surface area contributed by atoms with E-state index in [1.807, 2.05) is 41.3 Å². The van der Waals surface area contributed by atoms with Crippen LogP contribution < -0.4 is 0 Å². The molecule has 0 aliphatic carbocycles. The Morgan fingerprint density at radius 2 is 2.29 bits per heavy atom. The monoisotopic (exact) mass is 272 g/mol. The minimum Gasteiger partial charge on any atom is -0.391 e. The van der Waals surface area contributed by atoms with E-state index in [0.717, 1.165) is 11.6 Å². The molecule has 0 aromatic carbocycles. The SMILES string of the molecule is CC1SCC(C(O)Cc2nccn2C)SC1C. The second kappa shape index (κ2) is 5.67. The van der Waals surface area contributed by atoms with Crippen molar-refractivity contribution in [2.75, 3.05) is 5.75 Å². The molecule has 1 aliphatic rings. The van der Waals surface area contributed by atoms with Crippen LogP contribution in [0.3, 0.4) is 0 Å². The third-order valence-corrected chi connectivity index (χ3v) is 6.85. The van der Waals surface area contributed by atoms with E-state index in [1.54, 1.807) is 6.20 Å². The predicted molar refractivity (Wildman–Crippen MR) is 75.7 cm³/mol. The molecule has 0 saturated carbocycles. The van der Waals surface area contributed by atoms with Gasteiger partial charge in [-0.05, 0) is 0 Å². The Hall–Kier alpha value is -0.130. The Labute approximate surface area is 111 Å². The van der Waals surface area contributed by atoms with Crippen LogP contribution in [0.2, 0.25) is 0 Å². The maximum atomic E-state index is 10.3. The summed E-state index contributed by atoms with van der Waals surface area (Å²) in [6.45, 7) is 4.52. The van der Waals surface area contributed by atoms with Gasteiger partial charge in [0.15, 0.2) is 0 Å². The Kier molecular flexibility index (Phi) is 4.44. The highest BCUT2D eigenvalue weighted by Gasteiger charge is 2.30. The molecule has 0 radical (unpaired) electrons. The van der Waals surface area contributed by atoms with Crippen molar-refractivity contribution in [3.05, 3.63) is 18.2 Å². The number of aryl methyl sites for hydroxylation is 1. The van der Waals surface area contributed by atoms with Crippen molar-refractivity contribution in [1.82, 2.24) is 9.55 Å². The molecule has 96 valence electrons. The van der Waals surface area contributed by atoms with Gasteiger partial charge in [0.1, 0.15) is 5.82 Å². The molecule has 5 heteroatoms. The fourth-order valence-electron chi connectivity index (χ4n) is 1.92. The third kappa shape index (κ3) is 3.20. The van der Waals surface area contributed by atoms with Gasteiger partial charge in [0.2, 0.25) is 0 Å².